The molecule has 3 heteroatoms. The zero-order valence-electron chi connectivity index (χ0n) is 15.9. The first kappa shape index (κ1) is 19.0. The quantitative estimate of drug-likeness (QED) is 0.768. The van der Waals surface area contributed by atoms with E-state index in [-0.39, 0.29) is 11.9 Å². The summed E-state index contributed by atoms with van der Waals surface area (Å²) in [6.45, 7) is 10.2. The van der Waals surface area contributed by atoms with Crippen molar-refractivity contribution in [1.82, 2.24) is 5.32 Å². The lowest BCUT2D eigenvalue weighted by Crippen LogP contribution is -2.40. The maximum Gasteiger partial charge on any atom is 0.261 e. The van der Waals surface area contributed by atoms with Crippen LogP contribution in [0.1, 0.15) is 55.0 Å². The van der Waals surface area contributed by atoms with E-state index < -0.39 is 6.10 Å². The van der Waals surface area contributed by atoms with Crippen LogP contribution in [0.3, 0.4) is 0 Å². The Morgan fingerprint density at radius 1 is 0.960 bits per heavy atom. The van der Waals surface area contributed by atoms with E-state index in [4.69, 9.17) is 4.74 Å². The van der Waals surface area contributed by atoms with Crippen molar-refractivity contribution in [3.8, 4) is 5.75 Å². The SMILES string of the molecule is CCC(Oc1ccc(C)cc1C)C(=O)NC(CC)c1ccc(C)cc1. The Morgan fingerprint density at radius 2 is 1.60 bits per heavy atom. The molecule has 0 fully saturated rings. The summed E-state index contributed by atoms with van der Waals surface area (Å²) in [4.78, 5) is 12.7. The van der Waals surface area contributed by atoms with Crippen molar-refractivity contribution < 1.29 is 9.53 Å². The van der Waals surface area contributed by atoms with Gasteiger partial charge in [0.15, 0.2) is 6.10 Å². The Hall–Kier alpha value is -2.29. The minimum atomic E-state index is -0.485. The standard InChI is InChI=1S/C22H29NO2/c1-6-19(18-11-8-15(3)9-12-18)23-22(24)20(7-2)25-21-13-10-16(4)14-17(21)5/h8-14,19-20H,6-7H2,1-5H3,(H,23,24). The second-order valence-electron chi connectivity index (χ2n) is 6.66. The molecule has 0 radical (unpaired) electrons. The molecule has 0 aliphatic carbocycles. The van der Waals surface area contributed by atoms with Crippen LogP contribution in [0, 0.1) is 20.8 Å². The molecule has 0 aromatic heterocycles. The summed E-state index contributed by atoms with van der Waals surface area (Å²) < 4.78 is 6.00. The van der Waals surface area contributed by atoms with Crippen LogP contribution >= 0.6 is 0 Å². The van der Waals surface area contributed by atoms with Gasteiger partial charge in [-0.25, -0.2) is 0 Å². The molecule has 3 nitrogen and oxygen atoms in total. The zero-order chi connectivity index (χ0) is 18.4. The van der Waals surface area contributed by atoms with E-state index in [9.17, 15) is 4.79 Å². The summed E-state index contributed by atoms with van der Waals surface area (Å²) in [5, 5.41) is 3.14. The number of nitrogens with one attached hydrogen (secondary N) is 1. The van der Waals surface area contributed by atoms with Gasteiger partial charge < -0.3 is 10.1 Å². The number of amides is 1. The Labute approximate surface area is 151 Å². The number of hydrogen-bond donors (Lipinski definition) is 1. The van der Waals surface area contributed by atoms with E-state index in [0.717, 1.165) is 23.3 Å². The molecular formula is C22H29NO2. The van der Waals surface area contributed by atoms with Gasteiger partial charge in [0.1, 0.15) is 5.75 Å². The molecule has 2 atom stereocenters. The molecule has 0 bridgehead atoms. The molecule has 2 rings (SSSR count). The molecule has 0 saturated heterocycles. The summed E-state index contributed by atoms with van der Waals surface area (Å²) in [5.41, 5.74) is 4.59. The van der Waals surface area contributed by atoms with Crippen molar-refractivity contribution in [2.45, 2.75) is 59.6 Å². The molecule has 1 amide bonds. The lowest BCUT2D eigenvalue weighted by molar-refractivity contribution is -0.129. The summed E-state index contributed by atoms with van der Waals surface area (Å²) in [7, 11) is 0. The van der Waals surface area contributed by atoms with E-state index in [1.54, 1.807) is 0 Å². The van der Waals surface area contributed by atoms with Crippen LogP contribution in [0.2, 0.25) is 0 Å². The third-order valence-electron chi connectivity index (χ3n) is 4.47. The molecule has 0 aliphatic heterocycles. The molecule has 0 saturated carbocycles. The lowest BCUT2D eigenvalue weighted by Gasteiger charge is -2.23. The average Bonchev–Trinajstić information content (AvgIpc) is 2.59. The maximum atomic E-state index is 12.7. The highest BCUT2D eigenvalue weighted by atomic mass is 16.5. The maximum absolute atomic E-state index is 12.7. The molecule has 0 aliphatic rings. The van der Waals surface area contributed by atoms with Crippen molar-refractivity contribution in [3.05, 3.63) is 64.7 Å². The average molecular weight is 339 g/mol. The first-order valence-corrected chi connectivity index (χ1v) is 9.05. The molecule has 2 unspecified atom stereocenters. The van der Waals surface area contributed by atoms with Gasteiger partial charge in [0.05, 0.1) is 6.04 Å². The van der Waals surface area contributed by atoms with E-state index in [1.807, 2.05) is 32.9 Å². The lowest BCUT2D eigenvalue weighted by atomic mass is 10.0. The second-order valence-corrected chi connectivity index (χ2v) is 6.66. The normalized spacial score (nSPS) is 13.2. The fourth-order valence-corrected chi connectivity index (χ4v) is 2.89. The minimum Gasteiger partial charge on any atom is -0.480 e. The van der Waals surface area contributed by atoms with Gasteiger partial charge in [-0.15, -0.1) is 0 Å². The van der Waals surface area contributed by atoms with Gasteiger partial charge in [0, 0.05) is 0 Å². The molecular weight excluding hydrogens is 310 g/mol. The fourth-order valence-electron chi connectivity index (χ4n) is 2.89. The number of aryl methyl sites for hydroxylation is 3. The number of carbonyl (C=O) groups is 1. The van der Waals surface area contributed by atoms with Crippen molar-refractivity contribution in [1.29, 1.82) is 0 Å². The Bertz CT molecular complexity index is 706. The number of carbonyl (C=O) groups excluding carboxylic acids is 1. The highest BCUT2D eigenvalue weighted by Gasteiger charge is 2.22. The summed E-state index contributed by atoms with van der Waals surface area (Å²) in [5.74, 6) is 0.714. The van der Waals surface area contributed by atoms with Gasteiger partial charge in [-0.2, -0.15) is 0 Å². The van der Waals surface area contributed by atoms with Gasteiger partial charge >= 0.3 is 0 Å². The predicted molar refractivity (Wildman–Crippen MR) is 103 cm³/mol. The van der Waals surface area contributed by atoms with E-state index >= 15 is 0 Å². The molecule has 25 heavy (non-hydrogen) atoms. The van der Waals surface area contributed by atoms with Gasteiger partial charge in [-0.05, 0) is 50.8 Å². The topological polar surface area (TPSA) is 38.3 Å². The Balaban J connectivity index is 2.08. The van der Waals surface area contributed by atoms with Gasteiger partial charge in [-0.1, -0.05) is 61.4 Å². The summed E-state index contributed by atoms with van der Waals surface area (Å²) >= 11 is 0. The Morgan fingerprint density at radius 3 is 2.16 bits per heavy atom. The van der Waals surface area contributed by atoms with Gasteiger partial charge in [-0.3, -0.25) is 4.79 Å². The first-order valence-electron chi connectivity index (χ1n) is 9.05. The van der Waals surface area contributed by atoms with Crippen LogP contribution in [-0.2, 0) is 4.79 Å². The highest BCUT2D eigenvalue weighted by molar-refractivity contribution is 5.81. The van der Waals surface area contributed by atoms with Crippen LogP contribution in [0.5, 0.6) is 5.75 Å². The fraction of sp³-hybridized carbons (Fsp3) is 0.409. The minimum absolute atomic E-state index is 0.00450. The van der Waals surface area contributed by atoms with E-state index in [2.05, 4.69) is 49.5 Å². The molecule has 2 aromatic rings. The van der Waals surface area contributed by atoms with Gasteiger partial charge in [0.25, 0.3) is 5.91 Å². The van der Waals surface area contributed by atoms with Crippen LogP contribution in [0.15, 0.2) is 42.5 Å². The highest BCUT2D eigenvalue weighted by Crippen LogP contribution is 2.22. The van der Waals surface area contributed by atoms with Crippen molar-refractivity contribution >= 4 is 5.91 Å². The van der Waals surface area contributed by atoms with Gasteiger partial charge in [0.2, 0.25) is 0 Å². The van der Waals surface area contributed by atoms with Crippen LogP contribution < -0.4 is 10.1 Å². The van der Waals surface area contributed by atoms with E-state index in [0.29, 0.717) is 6.42 Å². The number of benzene rings is 2. The van der Waals surface area contributed by atoms with Crippen molar-refractivity contribution in [2.75, 3.05) is 0 Å². The van der Waals surface area contributed by atoms with Crippen molar-refractivity contribution in [2.24, 2.45) is 0 Å². The zero-order valence-corrected chi connectivity index (χ0v) is 15.9. The molecule has 0 spiro atoms. The molecule has 2 aromatic carbocycles. The smallest absolute Gasteiger partial charge is 0.261 e. The van der Waals surface area contributed by atoms with Crippen LogP contribution in [0.4, 0.5) is 0 Å². The Kier molecular flexibility index (Phi) is 6.63. The number of ether oxygens (including phenoxy) is 1. The largest absolute Gasteiger partial charge is 0.480 e. The molecule has 0 heterocycles. The first-order chi connectivity index (χ1) is 11.9. The predicted octanol–water partition coefficient (Wildman–Crippen LogP) is 5.04. The molecule has 134 valence electrons. The third-order valence-corrected chi connectivity index (χ3v) is 4.47. The van der Waals surface area contributed by atoms with E-state index in [1.165, 1.54) is 11.1 Å². The van der Waals surface area contributed by atoms with Crippen LogP contribution in [0.25, 0.3) is 0 Å². The molecule has 1 N–H and O–H groups in total. The third kappa shape index (κ3) is 5.09. The summed E-state index contributed by atoms with van der Waals surface area (Å²) in [6.07, 6.45) is 0.985. The van der Waals surface area contributed by atoms with Crippen molar-refractivity contribution in [3.63, 3.8) is 0 Å². The van der Waals surface area contributed by atoms with Crippen LogP contribution in [-0.4, -0.2) is 12.0 Å². The number of hydrogen-bond acceptors (Lipinski definition) is 2. The second kappa shape index (κ2) is 8.70. The monoisotopic (exact) mass is 339 g/mol. The summed E-state index contributed by atoms with van der Waals surface area (Å²) in [6, 6.07) is 14.3. The number of rotatable bonds is 7.